The van der Waals surface area contributed by atoms with Crippen LogP contribution in [0.4, 0.5) is 4.79 Å². The zero-order valence-corrected chi connectivity index (χ0v) is 9.56. The van der Waals surface area contributed by atoms with Gasteiger partial charge in [0.2, 0.25) is 0 Å². The fourth-order valence-electron chi connectivity index (χ4n) is 1.29. The molecule has 0 aliphatic rings. The molecule has 0 spiro atoms. The third-order valence-corrected chi connectivity index (χ3v) is 1.91. The molecule has 0 heterocycles. The molecule has 3 N–H and O–H groups in total. The van der Waals surface area contributed by atoms with E-state index >= 15 is 0 Å². The van der Waals surface area contributed by atoms with E-state index in [4.69, 9.17) is 5.73 Å². The first-order valence-electron chi connectivity index (χ1n) is 4.81. The average molecular weight is 235 g/mol. The van der Waals surface area contributed by atoms with Crippen LogP contribution in [0.15, 0.2) is 23.3 Å². The van der Waals surface area contributed by atoms with Crippen molar-refractivity contribution in [3.05, 3.63) is 34.9 Å². The van der Waals surface area contributed by atoms with E-state index in [2.05, 4.69) is 15.3 Å². The summed E-state index contributed by atoms with van der Waals surface area (Å²) in [6.45, 7) is 1.84. The van der Waals surface area contributed by atoms with Crippen LogP contribution in [-0.4, -0.2) is 25.3 Å². The topological polar surface area (TPSA) is 93.8 Å². The van der Waals surface area contributed by atoms with Gasteiger partial charge in [-0.2, -0.15) is 5.10 Å². The van der Waals surface area contributed by atoms with Crippen molar-refractivity contribution in [2.24, 2.45) is 10.8 Å². The van der Waals surface area contributed by atoms with Gasteiger partial charge in [-0.15, -0.1) is 0 Å². The molecule has 0 fully saturated rings. The van der Waals surface area contributed by atoms with Gasteiger partial charge in [-0.05, 0) is 30.2 Å². The maximum atomic E-state index is 11.3. The Labute approximate surface area is 98.4 Å². The third-order valence-electron chi connectivity index (χ3n) is 1.91. The van der Waals surface area contributed by atoms with E-state index in [9.17, 15) is 9.59 Å². The fraction of sp³-hybridized carbons (Fsp3) is 0.182. The van der Waals surface area contributed by atoms with Crippen LogP contribution in [0.25, 0.3) is 0 Å². The number of esters is 1. The van der Waals surface area contributed by atoms with E-state index in [-0.39, 0.29) is 0 Å². The molecule has 1 aromatic carbocycles. The molecule has 6 nitrogen and oxygen atoms in total. The molecule has 0 aliphatic carbocycles. The SMILES string of the molecule is COC(=O)c1cc(C)cc(C=NNC(N)=O)c1. The minimum absolute atomic E-state index is 0.424. The zero-order chi connectivity index (χ0) is 12.8. The van der Waals surface area contributed by atoms with Crippen molar-refractivity contribution in [2.75, 3.05) is 7.11 Å². The maximum absolute atomic E-state index is 11.3. The van der Waals surface area contributed by atoms with Gasteiger partial charge in [-0.1, -0.05) is 6.07 Å². The Morgan fingerprint density at radius 1 is 1.41 bits per heavy atom. The number of hydrogen-bond acceptors (Lipinski definition) is 4. The summed E-state index contributed by atoms with van der Waals surface area (Å²) >= 11 is 0. The summed E-state index contributed by atoms with van der Waals surface area (Å²) in [6.07, 6.45) is 1.39. The average Bonchev–Trinajstić information content (AvgIpc) is 2.26. The predicted molar refractivity (Wildman–Crippen MR) is 62.8 cm³/mol. The highest BCUT2D eigenvalue weighted by molar-refractivity contribution is 5.92. The van der Waals surface area contributed by atoms with Crippen LogP contribution in [0.3, 0.4) is 0 Å². The van der Waals surface area contributed by atoms with E-state index in [1.165, 1.54) is 13.3 Å². The molecule has 0 radical (unpaired) electrons. The number of carbonyl (C=O) groups excluding carboxylic acids is 2. The minimum atomic E-state index is -0.748. The number of nitrogens with zero attached hydrogens (tertiary/aromatic N) is 1. The van der Waals surface area contributed by atoms with Crippen molar-refractivity contribution in [3.63, 3.8) is 0 Å². The van der Waals surface area contributed by atoms with Crippen molar-refractivity contribution in [1.29, 1.82) is 0 Å². The summed E-state index contributed by atoms with van der Waals surface area (Å²) in [6, 6.07) is 4.36. The number of aryl methyl sites for hydroxylation is 1. The van der Waals surface area contributed by atoms with Gasteiger partial charge in [0.15, 0.2) is 0 Å². The number of benzene rings is 1. The van der Waals surface area contributed by atoms with Crippen LogP contribution in [-0.2, 0) is 4.74 Å². The zero-order valence-electron chi connectivity index (χ0n) is 9.56. The molecule has 0 aromatic heterocycles. The van der Waals surface area contributed by atoms with Crippen molar-refractivity contribution in [1.82, 2.24) is 5.43 Å². The Hall–Kier alpha value is -2.37. The van der Waals surface area contributed by atoms with Crippen LogP contribution in [0.2, 0.25) is 0 Å². The molecule has 1 rings (SSSR count). The second-order valence-electron chi connectivity index (χ2n) is 3.36. The highest BCUT2D eigenvalue weighted by atomic mass is 16.5. The summed E-state index contributed by atoms with van der Waals surface area (Å²) in [5, 5.41) is 3.61. The number of ether oxygens (including phenoxy) is 1. The second-order valence-corrected chi connectivity index (χ2v) is 3.36. The quantitative estimate of drug-likeness (QED) is 0.460. The van der Waals surface area contributed by atoms with Gasteiger partial charge in [0, 0.05) is 0 Å². The molecule has 0 bridgehead atoms. The van der Waals surface area contributed by atoms with Gasteiger partial charge in [-0.3, -0.25) is 0 Å². The summed E-state index contributed by atoms with van der Waals surface area (Å²) in [5.41, 5.74) is 8.89. The molecule has 0 aliphatic heterocycles. The number of nitrogens with one attached hydrogen (secondary N) is 1. The van der Waals surface area contributed by atoms with Gasteiger partial charge in [0.25, 0.3) is 0 Å². The minimum Gasteiger partial charge on any atom is -0.465 e. The molecule has 17 heavy (non-hydrogen) atoms. The number of carbonyl (C=O) groups is 2. The lowest BCUT2D eigenvalue weighted by atomic mass is 10.1. The molecule has 90 valence electrons. The van der Waals surface area contributed by atoms with E-state index in [0.29, 0.717) is 11.1 Å². The summed E-state index contributed by atoms with van der Waals surface area (Å²) in [4.78, 5) is 21.7. The van der Waals surface area contributed by atoms with E-state index in [1.54, 1.807) is 18.2 Å². The Morgan fingerprint density at radius 3 is 2.71 bits per heavy atom. The molecule has 6 heteroatoms. The molecule has 0 unspecified atom stereocenters. The normalized spacial score (nSPS) is 10.2. The van der Waals surface area contributed by atoms with Gasteiger partial charge in [-0.25, -0.2) is 15.0 Å². The Balaban J connectivity index is 2.93. The van der Waals surface area contributed by atoms with Crippen molar-refractivity contribution < 1.29 is 14.3 Å². The highest BCUT2D eigenvalue weighted by Crippen LogP contribution is 2.09. The highest BCUT2D eigenvalue weighted by Gasteiger charge is 2.06. The molecule has 0 saturated carbocycles. The van der Waals surface area contributed by atoms with Gasteiger partial charge in [0.1, 0.15) is 0 Å². The van der Waals surface area contributed by atoms with Crippen LogP contribution in [0, 0.1) is 6.92 Å². The van der Waals surface area contributed by atoms with Crippen LogP contribution in [0.1, 0.15) is 21.5 Å². The summed E-state index contributed by atoms with van der Waals surface area (Å²) in [7, 11) is 1.31. The third kappa shape index (κ3) is 3.94. The molecule has 0 saturated heterocycles. The van der Waals surface area contributed by atoms with E-state index in [0.717, 1.165) is 5.56 Å². The number of hydrogen-bond donors (Lipinski definition) is 2. The number of hydrazone groups is 1. The lowest BCUT2D eigenvalue weighted by Gasteiger charge is -2.02. The Morgan fingerprint density at radius 2 is 2.12 bits per heavy atom. The Bertz CT molecular complexity index is 469. The second kappa shape index (κ2) is 5.64. The summed E-state index contributed by atoms with van der Waals surface area (Å²) in [5.74, 6) is -0.425. The predicted octanol–water partition coefficient (Wildman–Crippen LogP) is 0.784. The van der Waals surface area contributed by atoms with Crippen molar-refractivity contribution >= 4 is 18.2 Å². The number of primary amides is 1. The molecule has 2 amide bonds. The first-order valence-corrected chi connectivity index (χ1v) is 4.81. The molecule has 1 aromatic rings. The van der Waals surface area contributed by atoms with Crippen molar-refractivity contribution in [3.8, 4) is 0 Å². The summed E-state index contributed by atoms with van der Waals surface area (Å²) < 4.78 is 4.62. The number of rotatable bonds is 3. The monoisotopic (exact) mass is 235 g/mol. The lowest BCUT2D eigenvalue weighted by Crippen LogP contribution is -2.24. The van der Waals surface area contributed by atoms with Gasteiger partial charge < -0.3 is 10.5 Å². The first-order chi connectivity index (χ1) is 8.02. The van der Waals surface area contributed by atoms with E-state index < -0.39 is 12.0 Å². The van der Waals surface area contributed by atoms with Crippen LogP contribution >= 0.6 is 0 Å². The lowest BCUT2D eigenvalue weighted by molar-refractivity contribution is 0.0600. The van der Waals surface area contributed by atoms with Gasteiger partial charge >= 0.3 is 12.0 Å². The van der Waals surface area contributed by atoms with E-state index in [1.807, 2.05) is 6.92 Å². The Kier molecular flexibility index (Phi) is 4.21. The molecular formula is C11H13N3O3. The van der Waals surface area contributed by atoms with Crippen LogP contribution in [0.5, 0.6) is 0 Å². The van der Waals surface area contributed by atoms with Gasteiger partial charge in [0.05, 0.1) is 18.9 Å². The number of amides is 2. The molecular weight excluding hydrogens is 222 g/mol. The smallest absolute Gasteiger partial charge is 0.337 e. The fourth-order valence-corrected chi connectivity index (χ4v) is 1.29. The maximum Gasteiger partial charge on any atom is 0.337 e. The number of nitrogens with two attached hydrogens (primary N) is 1. The number of methoxy groups -OCH3 is 1. The first kappa shape index (κ1) is 12.7. The largest absolute Gasteiger partial charge is 0.465 e. The van der Waals surface area contributed by atoms with Crippen molar-refractivity contribution in [2.45, 2.75) is 6.92 Å². The standard InChI is InChI=1S/C11H13N3O3/c1-7-3-8(6-13-14-11(12)16)5-9(4-7)10(15)17-2/h3-6H,1-2H3,(H3,12,14,16). The molecule has 0 atom stereocenters. The number of urea groups is 1. The van der Waals surface area contributed by atoms with Crippen LogP contribution < -0.4 is 11.2 Å².